The molecule has 0 unspecified atom stereocenters. The van der Waals surface area contributed by atoms with Gasteiger partial charge in [-0.3, -0.25) is 0 Å². The van der Waals surface area contributed by atoms with Crippen molar-refractivity contribution in [2.75, 3.05) is 0 Å². The van der Waals surface area contributed by atoms with Gasteiger partial charge in [-0.2, -0.15) is 5.53 Å². The maximum Gasteiger partial charge on any atom is 0.313 e. The lowest BCUT2D eigenvalue weighted by Crippen LogP contribution is -2.18. The monoisotopic (exact) mass is 414 g/mol. The first-order chi connectivity index (χ1) is 12.2. The smallest absolute Gasteiger partial charge is 0.313 e. The number of nitrogens with zero attached hydrogens (tertiary/aromatic N) is 2. The third kappa shape index (κ3) is 4.94. The van der Waals surface area contributed by atoms with Crippen molar-refractivity contribution in [3.8, 4) is 17.2 Å². The van der Waals surface area contributed by atoms with E-state index in [1.165, 1.54) is 36.4 Å². The largest absolute Gasteiger partial charge is 0.456 e. The average molecular weight is 415 g/mol. The van der Waals surface area contributed by atoms with Gasteiger partial charge in [-0.1, -0.05) is 34.9 Å². The molecule has 0 spiro atoms. The average Bonchev–Trinajstić information content (AvgIpc) is 2.56. The van der Waals surface area contributed by atoms with Crippen LogP contribution in [0.2, 0.25) is 10.0 Å². The Labute approximate surface area is 159 Å². The van der Waals surface area contributed by atoms with Crippen LogP contribution in [0.1, 0.15) is 0 Å². The predicted octanol–water partition coefficient (Wildman–Crippen LogP) is 4.34. The summed E-state index contributed by atoms with van der Waals surface area (Å²) in [5.41, 5.74) is 12.0. The van der Waals surface area contributed by atoms with Crippen LogP contribution in [-0.4, -0.2) is 14.4 Å². The van der Waals surface area contributed by atoms with E-state index in [-0.39, 0.29) is 38.2 Å². The summed E-state index contributed by atoms with van der Waals surface area (Å²) in [5, 5.41) is 7.13. The molecule has 26 heavy (non-hydrogen) atoms. The Morgan fingerprint density at radius 1 is 1.19 bits per heavy atom. The molecule has 8 nitrogen and oxygen atoms in total. The molecule has 136 valence electrons. The highest BCUT2D eigenvalue weighted by molar-refractivity contribution is 7.94. The normalized spacial score (nSPS) is 11.7. The number of rotatable bonds is 6. The maximum atomic E-state index is 11.8. The van der Waals surface area contributed by atoms with Crippen molar-refractivity contribution in [1.82, 2.24) is 0 Å². The van der Waals surface area contributed by atoms with Crippen molar-refractivity contribution in [2.24, 2.45) is 16.1 Å². The molecule has 0 radical (unpaired) electrons. The minimum absolute atomic E-state index is 0.0110. The highest BCUT2D eigenvalue weighted by Crippen LogP contribution is 2.34. The van der Waals surface area contributed by atoms with Crippen LogP contribution in [0.5, 0.6) is 17.2 Å². The van der Waals surface area contributed by atoms with E-state index in [9.17, 15) is 8.42 Å². The van der Waals surface area contributed by atoms with E-state index in [4.69, 9.17) is 43.9 Å². The molecule has 3 N–H and O–H groups in total. The number of halogens is 2. The Kier molecular flexibility index (Phi) is 6.19. The summed E-state index contributed by atoms with van der Waals surface area (Å²) in [6.45, 7) is 3.26. The van der Waals surface area contributed by atoms with Crippen LogP contribution in [0, 0.1) is 5.53 Å². The van der Waals surface area contributed by atoms with Gasteiger partial charge in [0.1, 0.15) is 17.2 Å². The number of amidine groups is 1. The molecule has 0 amide bonds. The molecule has 2 aromatic rings. The van der Waals surface area contributed by atoms with Crippen LogP contribution in [-0.2, 0) is 9.84 Å². The fraction of sp³-hybridized carbons (Fsp3) is 0. The summed E-state index contributed by atoms with van der Waals surface area (Å²) in [7, 11) is -3.61. The summed E-state index contributed by atoms with van der Waals surface area (Å²) in [6, 6.07) is 8.00. The van der Waals surface area contributed by atoms with Crippen LogP contribution in [0.25, 0.3) is 0 Å². The molecule has 0 aromatic heterocycles. The van der Waals surface area contributed by atoms with Gasteiger partial charge in [0, 0.05) is 16.5 Å². The van der Waals surface area contributed by atoms with Crippen molar-refractivity contribution < 1.29 is 17.9 Å². The van der Waals surface area contributed by atoms with E-state index in [0.29, 0.717) is 0 Å². The Balaban J connectivity index is 2.31. The second kappa shape index (κ2) is 8.17. The van der Waals surface area contributed by atoms with E-state index in [1.807, 2.05) is 0 Å². The fourth-order valence-electron chi connectivity index (χ4n) is 1.81. The number of nitrogens with one attached hydrogen (secondary N) is 1. The summed E-state index contributed by atoms with van der Waals surface area (Å²) in [4.78, 5) is -0.0110. The molecule has 0 aliphatic carbocycles. The highest BCUT2D eigenvalue weighted by Gasteiger charge is 2.14. The zero-order valence-corrected chi connectivity index (χ0v) is 15.3. The van der Waals surface area contributed by atoms with Gasteiger partial charge in [-0.25, -0.2) is 8.42 Å². The number of hydrogen-bond donors (Lipinski definition) is 2. The fourth-order valence-corrected chi connectivity index (χ4v) is 3.04. The third-order valence-corrected chi connectivity index (χ3v) is 4.76. The number of benzene rings is 2. The lowest BCUT2D eigenvalue weighted by molar-refractivity contribution is 0.474. The molecular formula is C15H12Cl2N4O4S. The molecule has 0 bridgehead atoms. The zero-order chi connectivity index (χ0) is 19.3. The van der Waals surface area contributed by atoms with Gasteiger partial charge in [0.25, 0.3) is 0 Å². The maximum absolute atomic E-state index is 11.8. The Morgan fingerprint density at radius 2 is 1.88 bits per heavy atom. The standard InChI is InChI=1S/C15H12Cl2N4O4S/c1-2-26(22,23)12-3-4-14(13(17)8-12)24-10-5-9(16)6-11(7-10)25-15(18)20-21-19/h2-8H,1H2,(H3,18,19,20). The SMILES string of the molecule is C=CS(=O)(=O)c1ccc(Oc2cc(Cl)cc(O/C(N)=N/N=N)c2)c(Cl)c1. The first-order valence-electron chi connectivity index (χ1n) is 6.78. The lowest BCUT2D eigenvalue weighted by atomic mass is 10.3. The molecule has 2 rings (SSSR count). The third-order valence-electron chi connectivity index (χ3n) is 2.89. The van der Waals surface area contributed by atoms with Crippen LogP contribution in [0.4, 0.5) is 0 Å². The summed E-state index contributed by atoms with van der Waals surface area (Å²) in [5.74, 6) is 0.648. The first-order valence-corrected chi connectivity index (χ1v) is 9.08. The van der Waals surface area contributed by atoms with E-state index in [2.05, 4.69) is 16.9 Å². The second-order valence-electron chi connectivity index (χ2n) is 4.67. The molecule has 11 heteroatoms. The van der Waals surface area contributed by atoms with E-state index >= 15 is 0 Å². The van der Waals surface area contributed by atoms with Crippen molar-refractivity contribution >= 4 is 39.1 Å². The Hall–Kier alpha value is -2.62. The quantitative estimate of drug-likeness (QED) is 0.314. The van der Waals surface area contributed by atoms with Crippen LogP contribution < -0.4 is 15.2 Å². The zero-order valence-electron chi connectivity index (χ0n) is 13.0. The number of nitrogens with two attached hydrogens (primary N) is 1. The van der Waals surface area contributed by atoms with Crippen molar-refractivity contribution in [3.63, 3.8) is 0 Å². The van der Waals surface area contributed by atoms with Crippen molar-refractivity contribution in [3.05, 3.63) is 58.4 Å². The van der Waals surface area contributed by atoms with Gasteiger partial charge in [0.05, 0.1) is 9.92 Å². The van der Waals surface area contributed by atoms with E-state index in [1.54, 1.807) is 0 Å². The number of ether oxygens (including phenoxy) is 2. The van der Waals surface area contributed by atoms with Crippen molar-refractivity contribution in [2.45, 2.75) is 4.90 Å². The van der Waals surface area contributed by atoms with Gasteiger partial charge < -0.3 is 15.2 Å². The summed E-state index contributed by atoms with van der Waals surface area (Å²) < 4.78 is 34.3. The number of sulfone groups is 1. The Bertz CT molecular complexity index is 993. The molecule has 0 saturated heterocycles. The van der Waals surface area contributed by atoms with Crippen LogP contribution >= 0.6 is 23.2 Å². The van der Waals surface area contributed by atoms with Gasteiger partial charge in [0.2, 0.25) is 0 Å². The molecule has 0 fully saturated rings. The molecule has 0 heterocycles. The Morgan fingerprint density at radius 3 is 2.50 bits per heavy atom. The van der Waals surface area contributed by atoms with E-state index in [0.717, 1.165) is 5.41 Å². The highest BCUT2D eigenvalue weighted by atomic mass is 35.5. The molecule has 0 aliphatic heterocycles. The van der Waals surface area contributed by atoms with E-state index < -0.39 is 9.84 Å². The molecule has 0 aliphatic rings. The number of hydrogen-bond acceptors (Lipinski definition) is 6. The minimum atomic E-state index is -3.61. The van der Waals surface area contributed by atoms with Gasteiger partial charge in [-0.05, 0) is 35.6 Å². The minimum Gasteiger partial charge on any atom is -0.456 e. The summed E-state index contributed by atoms with van der Waals surface area (Å²) in [6.07, 6.45) is 0. The first kappa shape index (κ1) is 19.7. The lowest BCUT2D eigenvalue weighted by Gasteiger charge is -2.11. The summed E-state index contributed by atoms with van der Waals surface area (Å²) >= 11 is 12.1. The van der Waals surface area contributed by atoms with Gasteiger partial charge >= 0.3 is 6.02 Å². The van der Waals surface area contributed by atoms with Crippen LogP contribution in [0.15, 0.2) is 63.6 Å². The molecule has 0 atom stereocenters. The molecular weight excluding hydrogens is 403 g/mol. The van der Waals surface area contributed by atoms with Crippen molar-refractivity contribution in [1.29, 1.82) is 5.53 Å². The predicted molar refractivity (Wildman–Crippen MR) is 97.8 cm³/mol. The van der Waals surface area contributed by atoms with Gasteiger partial charge in [0.15, 0.2) is 9.84 Å². The van der Waals surface area contributed by atoms with Crippen LogP contribution in [0.3, 0.4) is 0 Å². The van der Waals surface area contributed by atoms with Gasteiger partial charge in [-0.15, -0.1) is 0 Å². The molecule has 0 saturated carbocycles. The topological polar surface area (TPSA) is 127 Å². The second-order valence-corrected chi connectivity index (χ2v) is 7.41. The molecule has 2 aromatic carbocycles.